The first kappa shape index (κ1) is 17.0. The van der Waals surface area contributed by atoms with Gasteiger partial charge in [0.15, 0.2) is 0 Å². The number of rotatable bonds is 4. The Hall–Kier alpha value is -1.38. The van der Waals surface area contributed by atoms with Crippen LogP contribution in [-0.2, 0) is 17.1 Å². The Kier molecular flexibility index (Phi) is 4.93. The predicted molar refractivity (Wildman–Crippen MR) is 84.3 cm³/mol. The van der Waals surface area contributed by atoms with Crippen molar-refractivity contribution in [3.63, 3.8) is 0 Å². The third-order valence-electron chi connectivity index (χ3n) is 4.04. The predicted octanol–water partition coefficient (Wildman–Crippen LogP) is 0.0994. The zero-order chi connectivity index (χ0) is 16.5. The molecule has 8 heteroatoms. The third-order valence-corrected chi connectivity index (χ3v) is 5.87. The van der Waals surface area contributed by atoms with Crippen LogP contribution in [0.1, 0.15) is 23.3 Å². The second-order valence-corrected chi connectivity index (χ2v) is 7.80. The SMILES string of the molecule is CNC1CCCN(S(=O)(=O)c2cc(C(=O)N(C)C)n(C)c2)C1. The van der Waals surface area contributed by atoms with E-state index in [1.54, 1.807) is 25.7 Å². The molecule has 7 nitrogen and oxygen atoms in total. The van der Waals surface area contributed by atoms with E-state index in [1.165, 1.54) is 21.5 Å². The van der Waals surface area contributed by atoms with Gasteiger partial charge in [-0.3, -0.25) is 4.79 Å². The van der Waals surface area contributed by atoms with Crippen molar-refractivity contribution in [3.8, 4) is 0 Å². The number of aryl methyl sites for hydroxylation is 1. The number of amides is 1. The molecule has 0 aromatic carbocycles. The van der Waals surface area contributed by atoms with Crippen LogP contribution in [0.3, 0.4) is 0 Å². The molecular weight excluding hydrogens is 304 g/mol. The summed E-state index contributed by atoms with van der Waals surface area (Å²) in [5, 5.41) is 3.14. The Bertz CT molecular complexity index is 651. The third kappa shape index (κ3) is 3.18. The average molecular weight is 328 g/mol. The van der Waals surface area contributed by atoms with Crippen LogP contribution < -0.4 is 5.32 Å². The van der Waals surface area contributed by atoms with Crippen LogP contribution >= 0.6 is 0 Å². The first-order valence-electron chi connectivity index (χ1n) is 7.32. The first-order chi connectivity index (χ1) is 10.3. The van der Waals surface area contributed by atoms with Gasteiger partial charge in [-0.1, -0.05) is 0 Å². The maximum Gasteiger partial charge on any atom is 0.269 e. The van der Waals surface area contributed by atoms with E-state index in [9.17, 15) is 13.2 Å². The van der Waals surface area contributed by atoms with Crippen molar-refractivity contribution in [2.75, 3.05) is 34.2 Å². The molecule has 1 saturated heterocycles. The van der Waals surface area contributed by atoms with Gasteiger partial charge in [0, 0.05) is 46.5 Å². The van der Waals surface area contributed by atoms with Crippen LogP contribution in [0.5, 0.6) is 0 Å². The molecule has 0 bridgehead atoms. The van der Waals surface area contributed by atoms with Gasteiger partial charge in [-0.2, -0.15) is 4.31 Å². The number of carbonyl (C=O) groups is 1. The van der Waals surface area contributed by atoms with Crippen molar-refractivity contribution >= 4 is 15.9 Å². The fraction of sp³-hybridized carbons (Fsp3) is 0.643. The van der Waals surface area contributed by atoms with Gasteiger partial charge < -0.3 is 14.8 Å². The van der Waals surface area contributed by atoms with E-state index < -0.39 is 10.0 Å². The Labute approximate surface area is 131 Å². The lowest BCUT2D eigenvalue weighted by Crippen LogP contribution is -2.46. The molecule has 1 atom stereocenters. The summed E-state index contributed by atoms with van der Waals surface area (Å²) in [6.07, 6.45) is 3.32. The van der Waals surface area contributed by atoms with Crippen molar-refractivity contribution in [2.45, 2.75) is 23.8 Å². The molecule has 1 amide bonds. The van der Waals surface area contributed by atoms with E-state index in [0.717, 1.165) is 12.8 Å². The Morgan fingerprint density at radius 3 is 2.68 bits per heavy atom. The lowest BCUT2D eigenvalue weighted by atomic mass is 10.1. The molecule has 124 valence electrons. The largest absolute Gasteiger partial charge is 0.345 e. The molecule has 0 spiro atoms. The number of carbonyl (C=O) groups excluding carboxylic acids is 1. The van der Waals surface area contributed by atoms with E-state index in [1.807, 2.05) is 7.05 Å². The summed E-state index contributed by atoms with van der Waals surface area (Å²) in [6.45, 7) is 0.983. The topological polar surface area (TPSA) is 74.7 Å². The highest BCUT2D eigenvalue weighted by molar-refractivity contribution is 7.89. The fourth-order valence-corrected chi connectivity index (χ4v) is 4.26. The molecule has 1 aliphatic heterocycles. The summed E-state index contributed by atoms with van der Waals surface area (Å²) in [4.78, 5) is 13.7. The van der Waals surface area contributed by atoms with E-state index in [-0.39, 0.29) is 16.8 Å². The molecule has 0 aliphatic carbocycles. The second-order valence-electron chi connectivity index (χ2n) is 5.86. The standard InChI is InChI=1S/C14H24N4O3S/c1-15-11-6-5-7-18(9-11)22(20,21)12-8-13(17(4)10-12)14(19)16(2)3/h8,10-11,15H,5-7,9H2,1-4H3. The Morgan fingerprint density at radius 2 is 2.09 bits per heavy atom. The van der Waals surface area contributed by atoms with Crippen LogP contribution in [-0.4, -0.2) is 68.4 Å². The summed E-state index contributed by atoms with van der Waals surface area (Å²) < 4.78 is 28.6. The number of sulfonamides is 1. The van der Waals surface area contributed by atoms with Crippen LogP contribution in [0.2, 0.25) is 0 Å². The minimum atomic E-state index is -3.56. The average Bonchev–Trinajstić information content (AvgIpc) is 2.89. The fourth-order valence-electron chi connectivity index (χ4n) is 2.66. The quantitative estimate of drug-likeness (QED) is 0.851. The first-order valence-corrected chi connectivity index (χ1v) is 8.76. The van der Waals surface area contributed by atoms with Gasteiger partial charge in [-0.15, -0.1) is 0 Å². The Balaban J connectivity index is 2.30. The smallest absolute Gasteiger partial charge is 0.269 e. The molecule has 0 radical (unpaired) electrons. The monoisotopic (exact) mass is 328 g/mol. The molecule has 1 fully saturated rings. The summed E-state index contributed by atoms with van der Waals surface area (Å²) in [7, 11) is 3.25. The summed E-state index contributed by atoms with van der Waals surface area (Å²) in [5.74, 6) is -0.212. The van der Waals surface area contributed by atoms with E-state index in [0.29, 0.717) is 18.8 Å². The number of hydrogen-bond acceptors (Lipinski definition) is 4. The number of aromatic nitrogens is 1. The van der Waals surface area contributed by atoms with Gasteiger partial charge in [0.05, 0.1) is 0 Å². The van der Waals surface area contributed by atoms with Gasteiger partial charge in [0.25, 0.3) is 5.91 Å². The van der Waals surface area contributed by atoms with Crippen LogP contribution in [0.15, 0.2) is 17.2 Å². The van der Waals surface area contributed by atoms with Gasteiger partial charge in [0.1, 0.15) is 10.6 Å². The minimum Gasteiger partial charge on any atom is -0.345 e. The van der Waals surface area contributed by atoms with Crippen molar-refractivity contribution in [1.29, 1.82) is 0 Å². The number of piperidine rings is 1. The van der Waals surface area contributed by atoms with Gasteiger partial charge in [0.2, 0.25) is 10.0 Å². The molecule has 22 heavy (non-hydrogen) atoms. The lowest BCUT2D eigenvalue weighted by molar-refractivity contribution is 0.0818. The summed E-state index contributed by atoms with van der Waals surface area (Å²) in [5.41, 5.74) is 0.366. The minimum absolute atomic E-state index is 0.176. The molecule has 1 aromatic heterocycles. The summed E-state index contributed by atoms with van der Waals surface area (Å²) in [6, 6.07) is 1.64. The molecule has 2 heterocycles. The second kappa shape index (κ2) is 6.39. The van der Waals surface area contributed by atoms with Crippen molar-refractivity contribution in [2.24, 2.45) is 7.05 Å². The molecule has 1 aliphatic rings. The van der Waals surface area contributed by atoms with Gasteiger partial charge >= 0.3 is 0 Å². The molecule has 1 N–H and O–H groups in total. The number of hydrogen-bond donors (Lipinski definition) is 1. The van der Waals surface area contributed by atoms with Crippen LogP contribution in [0, 0.1) is 0 Å². The molecule has 0 saturated carbocycles. The zero-order valence-electron chi connectivity index (χ0n) is 13.5. The Morgan fingerprint density at radius 1 is 1.41 bits per heavy atom. The highest BCUT2D eigenvalue weighted by Crippen LogP contribution is 2.22. The zero-order valence-corrected chi connectivity index (χ0v) is 14.4. The maximum absolute atomic E-state index is 12.8. The van der Waals surface area contributed by atoms with E-state index in [4.69, 9.17) is 0 Å². The number of likely N-dealkylation sites (N-methyl/N-ethyl adjacent to an activating group) is 1. The number of nitrogens with zero attached hydrogens (tertiary/aromatic N) is 3. The van der Waals surface area contributed by atoms with Crippen LogP contribution in [0.4, 0.5) is 0 Å². The molecule has 2 rings (SSSR count). The van der Waals surface area contributed by atoms with Gasteiger partial charge in [-0.25, -0.2) is 8.42 Å². The lowest BCUT2D eigenvalue weighted by Gasteiger charge is -2.31. The van der Waals surface area contributed by atoms with Crippen LogP contribution in [0.25, 0.3) is 0 Å². The normalized spacial score (nSPS) is 20.1. The molecular formula is C14H24N4O3S. The summed E-state index contributed by atoms with van der Waals surface area (Å²) >= 11 is 0. The van der Waals surface area contributed by atoms with E-state index >= 15 is 0 Å². The van der Waals surface area contributed by atoms with Crippen molar-refractivity contribution < 1.29 is 13.2 Å². The molecule has 1 unspecified atom stereocenters. The molecule has 1 aromatic rings. The van der Waals surface area contributed by atoms with Gasteiger partial charge in [-0.05, 0) is 26.0 Å². The highest BCUT2D eigenvalue weighted by atomic mass is 32.2. The number of nitrogens with one attached hydrogen (secondary N) is 1. The van der Waals surface area contributed by atoms with E-state index in [2.05, 4.69) is 5.32 Å². The van der Waals surface area contributed by atoms with Crippen molar-refractivity contribution in [3.05, 3.63) is 18.0 Å². The van der Waals surface area contributed by atoms with Crippen molar-refractivity contribution in [1.82, 2.24) is 19.1 Å². The maximum atomic E-state index is 12.8. The highest BCUT2D eigenvalue weighted by Gasteiger charge is 2.31.